The van der Waals surface area contributed by atoms with Gasteiger partial charge >= 0.3 is 0 Å². The van der Waals surface area contributed by atoms with Crippen molar-refractivity contribution in [3.05, 3.63) is 82.5 Å². The van der Waals surface area contributed by atoms with Crippen LogP contribution in [0.4, 0.5) is 0 Å². The Morgan fingerprint density at radius 1 is 1.14 bits per heavy atom. The zero-order valence-electron chi connectivity index (χ0n) is 23.5. The average Bonchev–Trinajstić information content (AvgIpc) is 3.13. The van der Waals surface area contributed by atoms with Gasteiger partial charge in [-0.2, -0.15) is 0 Å². The molecule has 1 aromatic heterocycles. The van der Waals surface area contributed by atoms with Crippen molar-refractivity contribution in [1.82, 2.24) is 10.3 Å². The molecule has 0 radical (unpaired) electrons. The minimum Gasteiger partial charge on any atom is -0.493 e. The van der Waals surface area contributed by atoms with Crippen molar-refractivity contribution in [2.24, 2.45) is 0 Å². The highest BCUT2D eigenvalue weighted by molar-refractivity contribution is 8.03. The number of rotatable bonds is 9. The first kappa shape index (κ1) is 34.1. The van der Waals surface area contributed by atoms with E-state index in [1.165, 1.54) is 17.3 Å². The molecular formula is C30H42N2O3S2. The summed E-state index contributed by atoms with van der Waals surface area (Å²) in [7, 11) is 0. The Labute approximate surface area is 233 Å². The zero-order chi connectivity index (χ0) is 28.1. The number of thiocarbonyl (C=S) groups is 1. The minimum absolute atomic E-state index is 0.212. The molecule has 1 aliphatic rings. The first-order chi connectivity index (χ1) is 18.1. The maximum absolute atomic E-state index is 11.9. The van der Waals surface area contributed by atoms with E-state index in [-0.39, 0.29) is 5.91 Å². The standard InChI is InChI=1S/C24H24N2O3S2.3C2H6/c1-17-21(26-24(29-17)19-7-5-3-4-6-8-19)13-14-28-20-11-9-18(10-12-20)15-22(31-2)23(27)25-16-30;3*1-2/h3,5-12,15-16H,4,13-14H2,1-2H3,(H,25,27,30);3*1-2H3/b22-15-;;;. The van der Waals surface area contributed by atoms with Crippen LogP contribution in [0.3, 0.4) is 0 Å². The van der Waals surface area contributed by atoms with Crippen molar-refractivity contribution in [2.45, 2.75) is 61.3 Å². The Morgan fingerprint density at radius 2 is 1.81 bits per heavy atom. The Hall–Kier alpha value is -2.90. The van der Waals surface area contributed by atoms with Crippen LogP contribution in [0.25, 0.3) is 11.6 Å². The Morgan fingerprint density at radius 3 is 2.43 bits per heavy atom. The monoisotopic (exact) mass is 542 g/mol. The van der Waals surface area contributed by atoms with Crippen LogP contribution >= 0.6 is 24.0 Å². The smallest absolute Gasteiger partial charge is 0.262 e. The Bertz CT molecular complexity index is 1050. The van der Waals surface area contributed by atoms with Crippen LogP contribution in [0.2, 0.25) is 0 Å². The van der Waals surface area contributed by atoms with E-state index >= 15 is 0 Å². The molecule has 1 aromatic carbocycles. The third kappa shape index (κ3) is 12.3. The number of benzene rings is 1. The molecule has 0 saturated heterocycles. The largest absolute Gasteiger partial charge is 0.493 e. The molecule has 0 bridgehead atoms. The number of aryl methyl sites for hydroxylation is 1. The van der Waals surface area contributed by atoms with Gasteiger partial charge in [0.1, 0.15) is 11.5 Å². The molecule has 37 heavy (non-hydrogen) atoms. The summed E-state index contributed by atoms with van der Waals surface area (Å²) in [5.41, 5.74) is 3.99. The fraction of sp³-hybridized carbons (Fsp3) is 0.367. The highest BCUT2D eigenvalue weighted by Gasteiger charge is 2.12. The molecule has 202 valence electrons. The van der Waals surface area contributed by atoms with Crippen LogP contribution in [0, 0.1) is 6.92 Å². The van der Waals surface area contributed by atoms with E-state index < -0.39 is 0 Å². The van der Waals surface area contributed by atoms with Gasteiger partial charge in [0.25, 0.3) is 5.91 Å². The molecule has 1 aliphatic carbocycles. The molecule has 5 nitrogen and oxygen atoms in total. The number of carbonyl (C=O) groups is 1. The van der Waals surface area contributed by atoms with Gasteiger partial charge in [0.05, 0.1) is 22.7 Å². The van der Waals surface area contributed by atoms with Gasteiger partial charge in [-0.1, -0.05) is 90.2 Å². The third-order valence-corrected chi connectivity index (χ3v) is 5.40. The van der Waals surface area contributed by atoms with Crippen LogP contribution < -0.4 is 10.1 Å². The number of oxazole rings is 1. The van der Waals surface area contributed by atoms with Gasteiger partial charge in [0.2, 0.25) is 5.89 Å². The number of hydrogen-bond acceptors (Lipinski definition) is 6. The predicted molar refractivity (Wildman–Crippen MR) is 165 cm³/mol. The van der Waals surface area contributed by atoms with Crippen LogP contribution in [-0.2, 0) is 11.2 Å². The van der Waals surface area contributed by atoms with Crippen LogP contribution in [0.5, 0.6) is 5.75 Å². The van der Waals surface area contributed by atoms with Gasteiger partial charge in [-0.25, -0.2) is 4.98 Å². The summed E-state index contributed by atoms with van der Waals surface area (Å²) in [4.78, 5) is 17.1. The van der Waals surface area contributed by atoms with E-state index in [1.54, 1.807) is 0 Å². The van der Waals surface area contributed by atoms with E-state index in [9.17, 15) is 4.79 Å². The molecule has 7 heteroatoms. The summed E-state index contributed by atoms with van der Waals surface area (Å²) in [6.07, 6.45) is 15.5. The lowest BCUT2D eigenvalue weighted by Gasteiger charge is -2.06. The molecule has 1 heterocycles. The van der Waals surface area contributed by atoms with Gasteiger partial charge in [0, 0.05) is 12.0 Å². The number of thioether (sulfide) groups is 1. The Balaban J connectivity index is 0.00000201. The van der Waals surface area contributed by atoms with Crippen LogP contribution in [0.15, 0.2) is 64.0 Å². The summed E-state index contributed by atoms with van der Waals surface area (Å²) in [6.45, 7) is 14.4. The predicted octanol–water partition coefficient (Wildman–Crippen LogP) is 8.36. The van der Waals surface area contributed by atoms with Crippen molar-refractivity contribution < 1.29 is 13.9 Å². The molecule has 1 N–H and O–H groups in total. The lowest BCUT2D eigenvalue weighted by Crippen LogP contribution is -2.20. The minimum atomic E-state index is -0.212. The number of nitrogens with one attached hydrogen (secondary N) is 1. The van der Waals surface area contributed by atoms with E-state index in [0.29, 0.717) is 23.8 Å². The van der Waals surface area contributed by atoms with Crippen molar-refractivity contribution in [2.75, 3.05) is 12.9 Å². The average molecular weight is 543 g/mol. The fourth-order valence-electron chi connectivity index (χ4n) is 2.92. The van der Waals surface area contributed by atoms with Gasteiger partial charge in [-0.05, 0) is 49.4 Å². The first-order valence-electron chi connectivity index (χ1n) is 12.8. The van der Waals surface area contributed by atoms with Crippen LogP contribution in [0.1, 0.15) is 70.9 Å². The van der Waals surface area contributed by atoms with E-state index in [2.05, 4.69) is 34.7 Å². The molecule has 0 spiro atoms. The second-order valence-corrected chi connectivity index (χ2v) is 7.77. The summed E-state index contributed by atoms with van der Waals surface area (Å²) in [5, 5.41) is 2.51. The number of ether oxygens (including phenoxy) is 1. The molecule has 1 amide bonds. The van der Waals surface area contributed by atoms with Crippen LogP contribution in [-0.4, -0.2) is 29.2 Å². The second-order valence-electron chi connectivity index (χ2n) is 6.68. The van der Waals surface area contributed by atoms with Gasteiger partial charge in [0.15, 0.2) is 0 Å². The highest BCUT2D eigenvalue weighted by atomic mass is 32.2. The van der Waals surface area contributed by atoms with Gasteiger partial charge < -0.3 is 14.5 Å². The van der Waals surface area contributed by atoms with Crippen molar-refractivity contribution in [1.29, 1.82) is 0 Å². The number of carbonyl (C=O) groups excluding carboxylic acids is 1. The molecule has 3 rings (SSSR count). The van der Waals surface area contributed by atoms with Gasteiger partial charge in [-0.3, -0.25) is 4.79 Å². The van der Waals surface area contributed by atoms with E-state index in [1.807, 2.05) is 103 Å². The molecule has 0 saturated carbocycles. The quantitative estimate of drug-likeness (QED) is 0.254. The topological polar surface area (TPSA) is 64.4 Å². The summed E-state index contributed by atoms with van der Waals surface area (Å²) >= 11 is 6.04. The second kappa shape index (κ2) is 21.2. The molecule has 0 aliphatic heterocycles. The van der Waals surface area contributed by atoms with Crippen molar-refractivity contribution >= 4 is 47.0 Å². The zero-order valence-corrected chi connectivity index (χ0v) is 25.1. The lowest BCUT2D eigenvalue weighted by atomic mass is 10.2. The normalized spacial score (nSPS) is 11.8. The van der Waals surface area contributed by atoms with Gasteiger partial charge in [-0.15, -0.1) is 11.8 Å². The number of hydrogen-bond donors (Lipinski definition) is 1. The number of aromatic nitrogens is 1. The summed E-state index contributed by atoms with van der Waals surface area (Å²) < 4.78 is 11.7. The van der Waals surface area contributed by atoms with E-state index in [4.69, 9.17) is 9.15 Å². The summed E-state index contributed by atoms with van der Waals surface area (Å²) in [6, 6.07) is 7.59. The number of allylic oxidation sites excluding steroid dienone is 6. The lowest BCUT2D eigenvalue weighted by molar-refractivity contribution is -0.115. The highest BCUT2D eigenvalue weighted by Crippen LogP contribution is 2.22. The molecule has 0 unspecified atom stereocenters. The van der Waals surface area contributed by atoms with Crippen molar-refractivity contribution in [3.63, 3.8) is 0 Å². The molecule has 0 fully saturated rings. The molecule has 2 aromatic rings. The maximum Gasteiger partial charge on any atom is 0.262 e. The fourth-order valence-corrected chi connectivity index (χ4v) is 3.53. The molecular weight excluding hydrogens is 500 g/mol. The molecule has 0 atom stereocenters. The summed E-state index contributed by atoms with van der Waals surface area (Å²) in [5.74, 6) is 1.98. The number of amides is 1. The Kier molecular flexibility index (Phi) is 19.5. The number of nitrogens with zero attached hydrogens (tertiary/aromatic N) is 1. The first-order valence-corrected chi connectivity index (χ1v) is 14.5. The SMILES string of the molecule is CC.CC.CC.CS/C(=C\c1ccc(OCCc2nc(C3=CC=CCC=C3)oc2C)cc1)C(=O)NC=S. The third-order valence-electron chi connectivity index (χ3n) is 4.54. The van der Waals surface area contributed by atoms with E-state index in [0.717, 1.165) is 34.8 Å². The maximum atomic E-state index is 11.9. The van der Waals surface area contributed by atoms with Crippen molar-refractivity contribution in [3.8, 4) is 5.75 Å².